The van der Waals surface area contributed by atoms with Crippen molar-refractivity contribution in [2.45, 2.75) is 457 Å². The van der Waals surface area contributed by atoms with E-state index in [9.17, 15) is 14.4 Å². The van der Waals surface area contributed by atoms with E-state index in [0.717, 1.165) is 57.8 Å². The van der Waals surface area contributed by atoms with Gasteiger partial charge in [0, 0.05) is 19.3 Å². The lowest BCUT2D eigenvalue weighted by atomic mass is 10.0. The largest absolute Gasteiger partial charge is 0.462 e. The molecule has 0 heterocycles. The molecule has 82 heavy (non-hydrogen) atoms. The Bertz CT molecular complexity index is 1240. The van der Waals surface area contributed by atoms with Crippen LogP contribution in [-0.2, 0) is 28.6 Å². The van der Waals surface area contributed by atoms with Gasteiger partial charge in [-0.3, -0.25) is 14.4 Å². The number of ether oxygens (including phenoxy) is 3. The molecule has 6 heteroatoms. The lowest BCUT2D eigenvalue weighted by Crippen LogP contribution is -2.30. The summed E-state index contributed by atoms with van der Waals surface area (Å²) in [6.45, 7) is 6.75. The van der Waals surface area contributed by atoms with Gasteiger partial charge in [0.15, 0.2) is 6.10 Å². The van der Waals surface area contributed by atoms with Gasteiger partial charge in [-0.1, -0.05) is 412 Å². The van der Waals surface area contributed by atoms with E-state index >= 15 is 0 Å². The van der Waals surface area contributed by atoms with Crippen molar-refractivity contribution in [1.82, 2.24) is 0 Å². The first-order chi connectivity index (χ1) is 40.5. The molecule has 0 bridgehead atoms. The molecule has 0 rings (SSSR count). The third-order valence-corrected chi connectivity index (χ3v) is 17.9. The van der Waals surface area contributed by atoms with E-state index in [2.05, 4.69) is 20.8 Å². The van der Waals surface area contributed by atoms with Crippen LogP contribution in [-0.4, -0.2) is 37.2 Å². The van der Waals surface area contributed by atoms with E-state index in [-0.39, 0.29) is 31.1 Å². The van der Waals surface area contributed by atoms with Gasteiger partial charge < -0.3 is 14.2 Å². The van der Waals surface area contributed by atoms with Gasteiger partial charge in [-0.25, -0.2) is 0 Å². The summed E-state index contributed by atoms with van der Waals surface area (Å²) in [5.41, 5.74) is 0. The second-order valence-electron chi connectivity index (χ2n) is 26.3. The quantitative estimate of drug-likeness (QED) is 0.0343. The van der Waals surface area contributed by atoms with Gasteiger partial charge in [0.2, 0.25) is 0 Å². The summed E-state index contributed by atoms with van der Waals surface area (Å²) >= 11 is 0. The second kappa shape index (κ2) is 71.9. The van der Waals surface area contributed by atoms with E-state index < -0.39 is 6.10 Å². The van der Waals surface area contributed by atoms with Crippen LogP contribution in [0.25, 0.3) is 0 Å². The molecule has 0 saturated carbocycles. The molecule has 1 atom stereocenters. The zero-order valence-corrected chi connectivity index (χ0v) is 56.3. The SMILES string of the molecule is CCCCCCCCCCCCCCCCCCCCCCCCCCCCCCCC(=O)OCC(COC(=O)CCCCCCCCCCCCCCCC)OC(=O)CCCCCCCCCCCCCCCCCCCCCCC. The normalized spacial score (nSPS) is 11.9. The zero-order valence-electron chi connectivity index (χ0n) is 56.3. The molecule has 0 radical (unpaired) electrons. The summed E-state index contributed by atoms with van der Waals surface area (Å²) in [4.78, 5) is 38.5. The van der Waals surface area contributed by atoms with Crippen molar-refractivity contribution >= 4 is 17.9 Å². The fraction of sp³-hybridized carbons (Fsp3) is 0.961. The summed E-state index contributed by atoms with van der Waals surface area (Å²) in [6.07, 6.45) is 85.9. The maximum atomic E-state index is 13.0. The lowest BCUT2D eigenvalue weighted by Gasteiger charge is -2.18. The van der Waals surface area contributed by atoms with E-state index in [1.165, 1.54) is 353 Å². The van der Waals surface area contributed by atoms with Crippen molar-refractivity contribution in [3.63, 3.8) is 0 Å². The molecule has 1 unspecified atom stereocenters. The number of carbonyl (C=O) groups is 3. The van der Waals surface area contributed by atoms with Crippen LogP contribution in [0.4, 0.5) is 0 Å². The molecule has 0 aliphatic rings. The van der Waals surface area contributed by atoms with Gasteiger partial charge in [0.05, 0.1) is 0 Å². The predicted octanol–water partition coefficient (Wildman–Crippen LogP) is 26.2. The molecule has 0 saturated heterocycles. The van der Waals surface area contributed by atoms with Gasteiger partial charge in [0.25, 0.3) is 0 Å². The first-order valence-corrected chi connectivity index (χ1v) is 38.0. The molecule has 0 aromatic rings. The Morgan fingerprint density at radius 3 is 0.488 bits per heavy atom. The molecule has 0 aromatic carbocycles. The molecule has 0 spiro atoms. The molecular formula is C76H148O6. The van der Waals surface area contributed by atoms with Crippen LogP contribution in [0.5, 0.6) is 0 Å². The van der Waals surface area contributed by atoms with Gasteiger partial charge in [-0.15, -0.1) is 0 Å². The molecule has 0 aromatic heterocycles. The van der Waals surface area contributed by atoms with Gasteiger partial charge in [-0.2, -0.15) is 0 Å². The van der Waals surface area contributed by atoms with Crippen LogP contribution in [0.1, 0.15) is 451 Å². The van der Waals surface area contributed by atoms with Crippen LogP contribution in [0.15, 0.2) is 0 Å². The Balaban J connectivity index is 4.15. The van der Waals surface area contributed by atoms with Crippen molar-refractivity contribution < 1.29 is 28.6 Å². The molecule has 0 aliphatic carbocycles. The number of carbonyl (C=O) groups excluding carboxylic acids is 3. The maximum Gasteiger partial charge on any atom is 0.306 e. The van der Waals surface area contributed by atoms with E-state index in [4.69, 9.17) is 14.2 Å². The average Bonchev–Trinajstić information content (AvgIpc) is 3.47. The summed E-state index contributed by atoms with van der Waals surface area (Å²) in [5, 5.41) is 0. The molecule has 6 nitrogen and oxygen atoms in total. The minimum atomic E-state index is -0.764. The average molecular weight is 1160 g/mol. The predicted molar refractivity (Wildman–Crippen MR) is 358 cm³/mol. The minimum Gasteiger partial charge on any atom is -0.462 e. The van der Waals surface area contributed by atoms with Crippen LogP contribution in [0.3, 0.4) is 0 Å². The molecule has 0 amide bonds. The summed E-state index contributed by atoms with van der Waals surface area (Å²) in [7, 11) is 0. The lowest BCUT2D eigenvalue weighted by molar-refractivity contribution is -0.167. The maximum absolute atomic E-state index is 13.0. The zero-order chi connectivity index (χ0) is 59.2. The number of rotatable bonds is 72. The highest BCUT2D eigenvalue weighted by molar-refractivity contribution is 5.71. The van der Waals surface area contributed by atoms with Crippen molar-refractivity contribution in [3.8, 4) is 0 Å². The molecular weight excluding hydrogens is 1010 g/mol. The second-order valence-corrected chi connectivity index (χ2v) is 26.3. The van der Waals surface area contributed by atoms with Gasteiger partial charge >= 0.3 is 17.9 Å². The fourth-order valence-corrected chi connectivity index (χ4v) is 12.2. The Hall–Kier alpha value is -1.59. The molecule has 0 fully saturated rings. The Labute approximate surface area is 514 Å². The monoisotopic (exact) mass is 1160 g/mol. The molecule has 488 valence electrons. The minimum absolute atomic E-state index is 0.0599. The smallest absolute Gasteiger partial charge is 0.306 e. The van der Waals surface area contributed by atoms with Gasteiger partial charge in [-0.05, 0) is 19.3 Å². The molecule has 0 N–H and O–H groups in total. The third kappa shape index (κ3) is 69.2. The first-order valence-electron chi connectivity index (χ1n) is 38.0. The number of hydrogen-bond donors (Lipinski definition) is 0. The highest BCUT2D eigenvalue weighted by atomic mass is 16.6. The highest BCUT2D eigenvalue weighted by Gasteiger charge is 2.20. The highest BCUT2D eigenvalue weighted by Crippen LogP contribution is 2.20. The Kier molecular flexibility index (Phi) is 70.5. The van der Waals surface area contributed by atoms with E-state index in [1.807, 2.05) is 0 Å². The Morgan fingerprint density at radius 1 is 0.195 bits per heavy atom. The van der Waals surface area contributed by atoms with Crippen molar-refractivity contribution in [2.24, 2.45) is 0 Å². The molecule has 0 aliphatic heterocycles. The fourth-order valence-electron chi connectivity index (χ4n) is 12.2. The first kappa shape index (κ1) is 80.4. The summed E-state index contributed by atoms with van der Waals surface area (Å²) in [6, 6.07) is 0. The van der Waals surface area contributed by atoms with E-state index in [0.29, 0.717) is 19.3 Å². The summed E-state index contributed by atoms with van der Waals surface area (Å²) in [5.74, 6) is -0.816. The number of unbranched alkanes of at least 4 members (excludes halogenated alkanes) is 61. The van der Waals surface area contributed by atoms with Crippen LogP contribution < -0.4 is 0 Å². The number of esters is 3. The Morgan fingerprint density at radius 2 is 0.329 bits per heavy atom. The van der Waals surface area contributed by atoms with E-state index in [1.54, 1.807) is 0 Å². The van der Waals surface area contributed by atoms with Crippen molar-refractivity contribution in [2.75, 3.05) is 13.2 Å². The summed E-state index contributed by atoms with van der Waals surface area (Å²) < 4.78 is 17.0. The van der Waals surface area contributed by atoms with Gasteiger partial charge in [0.1, 0.15) is 13.2 Å². The number of hydrogen-bond acceptors (Lipinski definition) is 6. The standard InChI is InChI=1S/C76H148O6/c1-4-7-10-13-16-19-22-25-28-30-32-34-35-36-37-38-39-40-41-43-44-46-48-51-54-57-60-63-66-69-75(78)81-72-73(71-80-74(77)68-65-62-59-56-53-50-27-24-21-18-15-12-9-6-3)82-76(79)70-67-64-61-58-55-52-49-47-45-42-33-31-29-26-23-20-17-14-11-8-5-2/h73H,4-72H2,1-3H3. The van der Waals surface area contributed by atoms with Crippen LogP contribution in [0, 0.1) is 0 Å². The third-order valence-electron chi connectivity index (χ3n) is 17.9. The van der Waals surface area contributed by atoms with Crippen LogP contribution >= 0.6 is 0 Å². The topological polar surface area (TPSA) is 78.9 Å². The van der Waals surface area contributed by atoms with Crippen LogP contribution in [0.2, 0.25) is 0 Å². The van der Waals surface area contributed by atoms with Crippen molar-refractivity contribution in [1.29, 1.82) is 0 Å². The van der Waals surface area contributed by atoms with Crippen molar-refractivity contribution in [3.05, 3.63) is 0 Å².